The van der Waals surface area contributed by atoms with Crippen molar-refractivity contribution in [3.63, 3.8) is 0 Å². The van der Waals surface area contributed by atoms with Gasteiger partial charge in [-0.1, -0.05) is 39.0 Å². The molecular formula is C29H37NO4. The van der Waals surface area contributed by atoms with Crippen molar-refractivity contribution >= 4 is 0 Å². The Bertz CT molecular complexity index is 1140. The number of aromatic hydroxyl groups is 1. The molecule has 3 heterocycles. The zero-order valence-corrected chi connectivity index (χ0v) is 20.9. The molecule has 5 aliphatic carbocycles. The normalized spacial score (nSPS) is 47.8. The molecule has 34 heavy (non-hydrogen) atoms. The molecule has 2 saturated heterocycles. The zero-order chi connectivity index (χ0) is 23.3. The van der Waals surface area contributed by atoms with Crippen LogP contribution < -0.4 is 4.74 Å². The molecule has 5 nitrogen and oxygen atoms in total. The van der Waals surface area contributed by atoms with Gasteiger partial charge in [-0.25, -0.2) is 0 Å². The molecule has 1 unspecified atom stereocenters. The molecule has 1 aromatic carbocycles. The molecule has 3 aliphatic heterocycles. The van der Waals surface area contributed by atoms with Crippen molar-refractivity contribution in [2.24, 2.45) is 22.7 Å². The molecule has 4 fully saturated rings. The van der Waals surface area contributed by atoms with Gasteiger partial charge in [0.05, 0.1) is 11.0 Å². The van der Waals surface area contributed by atoms with E-state index in [1.54, 1.807) is 0 Å². The van der Waals surface area contributed by atoms with Gasteiger partial charge in [0.25, 0.3) is 0 Å². The number of phenolic OH excluding ortho intramolecular Hbond substituents is 1. The third-order valence-electron chi connectivity index (χ3n) is 11.6. The lowest BCUT2D eigenvalue weighted by Crippen LogP contribution is -2.83. The summed E-state index contributed by atoms with van der Waals surface area (Å²) in [4.78, 5) is 2.83. The molecule has 182 valence electrons. The Hall–Kier alpha value is -1.56. The van der Waals surface area contributed by atoms with Crippen LogP contribution in [0.15, 0.2) is 24.3 Å². The van der Waals surface area contributed by atoms with E-state index in [4.69, 9.17) is 14.2 Å². The monoisotopic (exact) mass is 463 g/mol. The van der Waals surface area contributed by atoms with Gasteiger partial charge in [0.15, 0.2) is 11.5 Å². The largest absolute Gasteiger partial charge is 0.504 e. The zero-order valence-electron chi connectivity index (χ0n) is 20.9. The van der Waals surface area contributed by atoms with Crippen LogP contribution in [0.5, 0.6) is 11.5 Å². The topological polar surface area (TPSA) is 51.2 Å². The average Bonchev–Trinajstić information content (AvgIpc) is 3.53. The van der Waals surface area contributed by atoms with Gasteiger partial charge in [0.2, 0.25) is 0 Å². The molecule has 7 atom stereocenters. The van der Waals surface area contributed by atoms with Gasteiger partial charge in [0, 0.05) is 29.5 Å². The van der Waals surface area contributed by atoms with Crippen molar-refractivity contribution in [3.05, 3.63) is 35.4 Å². The smallest absolute Gasteiger partial charge is 0.165 e. The van der Waals surface area contributed by atoms with E-state index in [0.717, 1.165) is 37.5 Å². The standard InChI is InChI=1S/C29H37NO4/c1-25(2,3)26(4)20-14-27-9-10-29(20,33-16-32-26)24-28(27)11-12-30(15-17-5-6-17)21(27)13-18-7-8-19(31)23(34-24)22(18)28/h7-10,17,20-21,24,31H,5-6,11-16H2,1-4H3/t20-,21-,24-,26+,27-,28+,29?/m1/s1. The van der Waals surface area contributed by atoms with Crippen molar-refractivity contribution in [1.82, 2.24) is 4.90 Å². The van der Waals surface area contributed by atoms with Crippen molar-refractivity contribution in [2.45, 2.75) is 88.6 Å². The minimum atomic E-state index is -0.536. The fourth-order valence-electron chi connectivity index (χ4n) is 9.40. The lowest BCUT2D eigenvalue weighted by Gasteiger charge is -2.74. The van der Waals surface area contributed by atoms with Crippen LogP contribution in [0.3, 0.4) is 0 Å². The van der Waals surface area contributed by atoms with Gasteiger partial charge in [-0.3, -0.25) is 4.90 Å². The highest BCUT2D eigenvalue weighted by molar-refractivity contribution is 5.65. The average molecular weight is 464 g/mol. The molecule has 0 aromatic heterocycles. The lowest BCUT2D eigenvalue weighted by atomic mass is 9.35. The van der Waals surface area contributed by atoms with Gasteiger partial charge >= 0.3 is 0 Å². The lowest BCUT2D eigenvalue weighted by molar-refractivity contribution is -0.356. The summed E-state index contributed by atoms with van der Waals surface area (Å²) in [6.07, 6.45) is 10.7. The number of nitrogens with zero attached hydrogens (tertiary/aromatic N) is 1. The van der Waals surface area contributed by atoms with E-state index >= 15 is 0 Å². The summed E-state index contributed by atoms with van der Waals surface area (Å²) >= 11 is 0. The molecular weight excluding hydrogens is 426 g/mol. The number of ether oxygens (including phenoxy) is 3. The van der Waals surface area contributed by atoms with Crippen LogP contribution in [0, 0.1) is 22.7 Å². The highest BCUT2D eigenvalue weighted by atomic mass is 16.7. The summed E-state index contributed by atoms with van der Waals surface area (Å²) in [6.45, 7) is 11.8. The third kappa shape index (κ3) is 2.01. The number of hydrogen-bond acceptors (Lipinski definition) is 5. The van der Waals surface area contributed by atoms with Crippen LogP contribution in [0.2, 0.25) is 0 Å². The molecule has 0 amide bonds. The van der Waals surface area contributed by atoms with Crippen LogP contribution in [-0.4, -0.2) is 53.2 Å². The minimum Gasteiger partial charge on any atom is -0.504 e. The maximum absolute atomic E-state index is 11.0. The molecule has 1 N–H and O–H groups in total. The summed E-state index contributed by atoms with van der Waals surface area (Å²) < 4.78 is 20.2. The molecule has 9 rings (SSSR count). The summed E-state index contributed by atoms with van der Waals surface area (Å²) in [6, 6.07) is 4.49. The Morgan fingerprint density at radius 2 is 1.97 bits per heavy atom. The van der Waals surface area contributed by atoms with Gasteiger partial charge in [-0.15, -0.1) is 0 Å². The highest BCUT2D eigenvalue weighted by Crippen LogP contribution is 2.76. The first-order chi connectivity index (χ1) is 16.2. The summed E-state index contributed by atoms with van der Waals surface area (Å²) in [5, 5.41) is 11.0. The number of likely N-dealkylation sites (tertiary alicyclic amines) is 1. The van der Waals surface area contributed by atoms with Crippen molar-refractivity contribution in [3.8, 4) is 11.5 Å². The first kappa shape index (κ1) is 20.6. The van der Waals surface area contributed by atoms with Crippen molar-refractivity contribution in [2.75, 3.05) is 19.9 Å². The predicted molar refractivity (Wildman–Crippen MR) is 128 cm³/mol. The van der Waals surface area contributed by atoms with Crippen molar-refractivity contribution in [1.29, 1.82) is 0 Å². The van der Waals surface area contributed by atoms with Gasteiger partial charge < -0.3 is 19.3 Å². The number of rotatable bonds is 2. The fourth-order valence-corrected chi connectivity index (χ4v) is 9.40. The van der Waals surface area contributed by atoms with E-state index in [-0.39, 0.29) is 46.4 Å². The summed E-state index contributed by atoms with van der Waals surface area (Å²) in [7, 11) is 0. The number of phenols is 1. The quantitative estimate of drug-likeness (QED) is 0.652. The molecule has 1 aromatic rings. The molecule has 0 radical (unpaired) electrons. The summed E-state index contributed by atoms with van der Waals surface area (Å²) in [5.41, 5.74) is 1.60. The van der Waals surface area contributed by atoms with Crippen LogP contribution in [-0.2, 0) is 21.3 Å². The first-order valence-electron chi connectivity index (χ1n) is 13.4. The molecule has 8 aliphatic rings. The fraction of sp³-hybridized carbons (Fsp3) is 0.724. The number of hydrogen-bond donors (Lipinski definition) is 1. The van der Waals surface area contributed by atoms with E-state index in [9.17, 15) is 5.11 Å². The Balaban J connectivity index is 1.39. The number of benzene rings is 1. The summed E-state index contributed by atoms with van der Waals surface area (Å²) in [5.74, 6) is 2.08. The second-order valence-electron chi connectivity index (χ2n) is 13.6. The van der Waals surface area contributed by atoms with Crippen LogP contribution >= 0.6 is 0 Å². The molecule has 5 heteroatoms. The van der Waals surface area contributed by atoms with Crippen LogP contribution in [0.1, 0.15) is 64.5 Å². The predicted octanol–water partition coefficient (Wildman–Crippen LogP) is 4.56. The van der Waals surface area contributed by atoms with Gasteiger partial charge in [-0.2, -0.15) is 0 Å². The van der Waals surface area contributed by atoms with E-state index in [0.29, 0.717) is 6.04 Å². The number of piperidine rings is 1. The van der Waals surface area contributed by atoms with Gasteiger partial charge in [0.1, 0.15) is 18.5 Å². The van der Waals surface area contributed by atoms with Gasteiger partial charge in [-0.05, 0) is 68.5 Å². The Labute approximate surface area is 202 Å². The Kier molecular flexibility index (Phi) is 3.56. The minimum absolute atomic E-state index is 0.0279. The molecule has 4 bridgehead atoms. The van der Waals surface area contributed by atoms with E-state index < -0.39 is 5.60 Å². The Morgan fingerprint density at radius 1 is 1.15 bits per heavy atom. The first-order valence-corrected chi connectivity index (χ1v) is 13.4. The maximum Gasteiger partial charge on any atom is 0.165 e. The SMILES string of the molecule is CC(C)(C)[C@@]1(C)OCOC23C=C[C@@]4(C[C@@H]21)[C@H]1Cc2ccc(O)c5c2[C@@]4(CCN1CC1CC1)[C@H]3O5. The molecule has 2 saturated carbocycles. The second-order valence-corrected chi connectivity index (χ2v) is 13.6. The van der Waals surface area contributed by atoms with Crippen LogP contribution in [0.4, 0.5) is 0 Å². The maximum atomic E-state index is 11.0. The second kappa shape index (κ2) is 5.87. The van der Waals surface area contributed by atoms with E-state index in [2.05, 4.69) is 50.8 Å². The Morgan fingerprint density at radius 3 is 2.74 bits per heavy atom. The van der Waals surface area contributed by atoms with E-state index in [1.165, 1.54) is 30.5 Å². The highest BCUT2D eigenvalue weighted by Gasteiger charge is 2.82. The van der Waals surface area contributed by atoms with Crippen molar-refractivity contribution < 1.29 is 19.3 Å². The van der Waals surface area contributed by atoms with E-state index in [1.807, 2.05) is 6.07 Å². The molecule has 3 spiro atoms. The third-order valence-corrected chi connectivity index (χ3v) is 11.6. The van der Waals surface area contributed by atoms with Crippen LogP contribution in [0.25, 0.3) is 0 Å².